The number of fused-ring (bicyclic) bond motifs is 1. The number of rotatable bonds is 4. The van der Waals surface area contributed by atoms with E-state index in [0.717, 1.165) is 6.42 Å². The molecule has 0 radical (unpaired) electrons. The van der Waals surface area contributed by atoms with Gasteiger partial charge in [0.1, 0.15) is 0 Å². The molecule has 0 aliphatic rings. The van der Waals surface area contributed by atoms with Gasteiger partial charge in [-0.05, 0) is 36.1 Å². The summed E-state index contributed by atoms with van der Waals surface area (Å²) in [5, 5.41) is 11.0. The van der Waals surface area contributed by atoms with Crippen molar-refractivity contribution in [3.05, 3.63) is 56.6 Å². The molecule has 2 aromatic heterocycles. The molecule has 6 heteroatoms. The molecule has 2 N–H and O–H groups in total. The highest BCUT2D eigenvalue weighted by molar-refractivity contribution is 7.09. The van der Waals surface area contributed by atoms with Gasteiger partial charge >= 0.3 is 11.7 Å². The molecule has 102 valence electrons. The van der Waals surface area contributed by atoms with Crippen LogP contribution >= 0.6 is 11.3 Å². The molecular formula is C14H12N2O3S. The molecule has 2 heterocycles. The molecule has 0 spiro atoms. The van der Waals surface area contributed by atoms with Crippen molar-refractivity contribution in [3.63, 3.8) is 0 Å². The van der Waals surface area contributed by atoms with Crippen LogP contribution in [-0.4, -0.2) is 20.6 Å². The Bertz CT molecular complexity index is 815. The average Bonchev–Trinajstić information content (AvgIpc) is 3.02. The van der Waals surface area contributed by atoms with E-state index in [9.17, 15) is 9.59 Å². The topological polar surface area (TPSA) is 75.1 Å². The summed E-state index contributed by atoms with van der Waals surface area (Å²) in [6, 6.07) is 8.64. The molecule has 0 bridgehead atoms. The first-order chi connectivity index (χ1) is 9.65. The molecular weight excluding hydrogens is 276 g/mol. The van der Waals surface area contributed by atoms with Gasteiger partial charge in [0.15, 0.2) is 0 Å². The lowest BCUT2D eigenvalue weighted by Gasteiger charge is -2.02. The van der Waals surface area contributed by atoms with Gasteiger partial charge in [-0.15, -0.1) is 11.3 Å². The lowest BCUT2D eigenvalue weighted by atomic mass is 10.2. The number of nitrogens with zero attached hydrogens (tertiary/aromatic N) is 1. The summed E-state index contributed by atoms with van der Waals surface area (Å²) in [5.41, 5.74) is 1.26. The normalized spacial score (nSPS) is 11.0. The maximum atomic E-state index is 11.9. The first-order valence-electron chi connectivity index (χ1n) is 6.13. The minimum atomic E-state index is -0.995. The van der Waals surface area contributed by atoms with Crippen LogP contribution in [0.3, 0.4) is 0 Å². The number of benzene rings is 1. The summed E-state index contributed by atoms with van der Waals surface area (Å²) < 4.78 is 1.58. The van der Waals surface area contributed by atoms with Crippen molar-refractivity contribution in [2.24, 2.45) is 0 Å². The quantitative estimate of drug-likeness (QED) is 0.773. The molecule has 3 rings (SSSR count). The summed E-state index contributed by atoms with van der Waals surface area (Å²) in [6.07, 6.45) is 0.752. The second kappa shape index (κ2) is 4.97. The molecule has 1 aromatic carbocycles. The number of thiophene rings is 1. The van der Waals surface area contributed by atoms with E-state index in [2.05, 4.69) is 4.98 Å². The highest BCUT2D eigenvalue weighted by Crippen LogP contribution is 2.15. The molecule has 5 nitrogen and oxygen atoms in total. The van der Waals surface area contributed by atoms with E-state index >= 15 is 0 Å². The Kier molecular flexibility index (Phi) is 3.15. The van der Waals surface area contributed by atoms with E-state index in [-0.39, 0.29) is 11.3 Å². The zero-order valence-corrected chi connectivity index (χ0v) is 11.3. The van der Waals surface area contributed by atoms with Crippen molar-refractivity contribution in [1.29, 1.82) is 0 Å². The summed E-state index contributed by atoms with van der Waals surface area (Å²) in [7, 11) is 0. The lowest BCUT2D eigenvalue weighted by Crippen LogP contribution is -2.17. The summed E-state index contributed by atoms with van der Waals surface area (Å²) in [4.78, 5) is 26.9. The van der Waals surface area contributed by atoms with Gasteiger partial charge in [-0.2, -0.15) is 0 Å². The largest absolute Gasteiger partial charge is 0.478 e. The van der Waals surface area contributed by atoms with Crippen LogP contribution in [0.5, 0.6) is 0 Å². The Morgan fingerprint density at radius 2 is 2.20 bits per heavy atom. The number of hydrogen-bond acceptors (Lipinski definition) is 3. The lowest BCUT2D eigenvalue weighted by molar-refractivity contribution is 0.0697. The van der Waals surface area contributed by atoms with Crippen molar-refractivity contribution in [2.45, 2.75) is 13.0 Å². The number of aromatic nitrogens is 2. The van der Waals surface area contributed by atoms with Crippen LogP contribution in [0, 0.1) is 0 Å². The minimum Gasteiger partial charge on any atom is -0.478 e. The Hall–Kier alpha value is -2.34. The highest BCUT2D eigenvalue weighted by Gasteiger charge is 2.10. The monoisotopic (exact) mass is 288 g/mol. The Morgan fingerprint density at radius 1 is 1.35 bits per heavy atom. The van der Waals surface area contributed by atoms with E-state index in [0.29, 0.717) is 17.6 Å². The zero-order valence-electron chi connectivity index (χ0n) is 10.5. The molecule has 3 aromatic rings. The molecule has 0 saturated heterocycles. The van der Waals surface area contributed by atoms with Crippen molar-refractivity contribution in [3.8, 4) is 0 Å². The number of H-pyrrole nitrogens is 1. The Balaban J connectivity index is 2.00. The molecule has 0 unspecified atom stereocenters. The van der Waals surface area contributed by atoms with E-state index in [1.165, 1.54) is 17.0 Å². The van der Waals surface area contributed by atoms with Gasteiger partial charge in [0.05, 0.1) is 16.6 Å². The van der Waals surface area contributed by atoms with E-state index in [1.807, 2.05) is 17.5 Å². The standard InChI is InChI=1S/C14H12N2O3S/c17-13(18)9-3-4-11-12(8-9)16(14(19)15-11)6-5-10-2-1-7-20-10/h1-4,7-8H,5-6H2,(H,15,19)(H,17,18). The van der Waals surface area contributed by atoms with Gasteiger partial charge in [-0.3, -0.25) is 4.57 Å². The maximum Gasteiger partial charge on any atom is 0.335 e. The fourth-order valence-electron chi connectivity index (χ4n) is 2.18. The van der Waals surface area contributed by atoms with Crippen molar-refractivity contribution in [2.75, 3.05) is 0 Å². The Labute approximate surface area is 118 Å². The number of hydrogen-bond donors (Lipinski definition) is 2. The molecule has 0 saturated carbocycles. The molecule has 0 atom stereocenters. The van der Waals surface area contributed by atoms with Crippen LogP contribution in [0.15, 0.2) is 40.5 Å². The number of carbonyl (C=O) groups is 1. The van der Waals surface area contributed by atoms with Crippen LogP contribution in [0.4, 0.5) is 0 Å². The van der Waals surface area contributed by atoms with Crippen LogP contribution in [-0.2, 0) is 13.0 Å². The second-order valence-electron chi connectivity index (χ2n) is 4.45. The number of aryl methyl sites for hydroxylation is 2. The first kappa shape index (κ1) is 12.7. The van der Waals surface area contributed by atoms with Crippen LogP contribution < -0.4 is 5.69 Å². The highest BCUT2D eigenvalue weighted by atomic mass is 32.1. The predicted molar refractivity (Wildman–Crippen MR) is 77.5 cm³/mol. The minimum absolute atomic E-state index is 0.182. The van der Waals surface area contributed by atoms with Crippen LogP contribution in [0.2, 0.25) is 0 Å². The third-order valence-corrected chi connectivity index (χ3v) is 4.12. The third-order valence-electron chi connectivity index (χ3n) is 3.18. The van der Waals surface area contributed by atoms with Crippen LogP contribution in [0.25, 0.3) is 11.0 Å². The van der Waals surface area contributed by atoms with Crippen molar-refractivity contribution < 1.29 is 9.90 Å². The number of carboxylic acid groups (broad SMARTS) is 1. The molecule has 20 heavy (non-hydrogen) atoms. The second-order valence-corrected chi connectivity index (χ2v) is 5.48. The SMILES string of the molecule is O=C(O)c1ccc2[nH]c(=O)n(CCc3cccs3)c2c1. The van der Waals surface area contributed by atoms with Gasteiger partial charge in [0, 0.05) is 11.4 Å². The number of nitrogens with one attached hydrogen (secondary N) is 1. The molecule has 0 fully saturated rings. The molecule has 0 aliphatic heterocycles. The number of aromatic amines is 1. The third kappa shape index (κ3) is 2.25. The van der Waals surface area contributed by atoms with E-state index < -0.39 is 5.97 Å². The van der Waals surface area contributed by atoms with Crippen LogP contribution in [0.1, 0.15) is 15.2 Å². The predicted octanol–water partition coefficient (Wildman–Crippen LogP) is 2.33. The first-order valence-corrected chi connectivity index (χ1v) is 7.01. The van der Waals surface area contributed by atoms with Crippen molar-refractivity contribution >= 4 is 28.3 Å². The zero-order chi connectivity index (χ0) is 14.1. The number of aromatic carboxylic acids is 1. The maximum absolute atomic E-state index is 11.9. The van der Waals surface area contributed by atoms with E-state index in [1.54, 1.807) is 22.0 Å². The average molecular weight is 288 g/mol. The van der Waals surface area contributed by atoms with Gasteiger partial charge in [-0.1, -0.05) is 6.07 Å². The summed E-state index contributed by atoms with van der Waals surface area (Å²) in [6.45, 7) is 0.530. The fraction of sp³-hybridized carbons (Fsp3) is 0.143. The fourth-order valence-corrected chi connectivity index (χ4v) is 2.88. The summed E-state index contributed by atoms with van der Waals surface area (Å²) >= 11 is 1.64. The van der Waals surface area contributed by atoms with E-state index in [4.69, 9.17) is 5.11 Å². The molecule has 0 aliphatic carbocycles. The molecule has 0 amide bonds. The van der Waals surface area contributed by atoms with Crippen molar-refractivity contribution in [1.82, 2.24) is 9.55 Å². The van der Waals surface area contributed by atoms with Gasteiger partial charge in [-0.25, -0.2) is 9.59 Å². The number of carboxylic acids is 1. The smallest absolute Gasteiger partial charge is 0.335 e. The van der Waals surface area contributed by atoms with Gasteiger partial charge in [0.2, 0.25) is 0 Å². The number of imidazole rings is 1. The summed E-state index contributed by atoms with van der Waals surface area (Å²) in [5.74, 6) is -0.995. The van der Waals surface area contributed by atoms with Gasteiger partial charge in [0.25, 0.3) is 0 Å². The van der Waals surface area contributed by atoms with Gasteiger partial charge < -0.3 is 10.1 Å². The Morgan fingerprint density at radius 3 is 2.90 bits per heavy atom.